The maximum Gasteiger partial charge on any atom is 0.338 e. The summed E-state index contributed by atoms with van der Waals surface area (Å²) in [6.45, 7) is 5.51. The monoisotopic (exact) mass is 363 g/mol. The quantitative estimate of drug-likeness (QED) is 0.703. The Morgan fingerprint density at radius 2 is 1.78 bits per heavy atom. The normalized spacial score (nSPS) is 10.5. The van der Waals surface area contributed by atoms with Gasteiger partial charge in [-0.1, -0.05) is 17.7 Å². The number of anilines is 1. The number of esters is 1. The molecule has 3 rings (SSSR count). The predicted molar refractivity (Wildman–Crippen MR) is 103 cm³/mol. The van der Waals surface area contributed by atoms with Crippen LogP contribution in [0.1, 0.15) is 27.2 Å². The molecular formula is C21H21N3O3. The van der Waals surface area contributed by atoms with Gasteiger partial charge in [-0.25, -0.2) is 9.48 Å². The van der Waals surface area contributed by atoms with E-state index >= 15 is 0 Å². The van der Waals surface area contributed by atoms with Gasteiger partial charge in [-0.3, -0.25) is 4.79 Å². The molecule has 6 nitrogen and oxygen atoms in total. The second-order valence-electron chi connectivity index (χ2n) is 6.37. The Labute approximate surface area is 157 Å². The first kappa shape index (κ1) is 18.4. The molecule has 0 aliphatic rings. The number of amides is 1. The van der Waals surface area contributed by atoms with Crippen LogP contribution in [0.2, 0.25) is 0 Å². The molecule has 0 unspecified atom stereocenters. The van der Waals surface area contributed by atoms with E-state index in [2.05, 4.69) is 10.4 Å². The lowest BCUT2D eigenvalue weighted by molar-refractivity contribution is -0.119. The lowest BCUT2D eigenvalue weighted by atomic mass is 10.1. The van der Waals surface area contributed by atoms with Crippen LogP contribution in [0.3, 0.4) is 0 Å². The van der Waals surface area contributed by atoms with Crippen LogP contribution >= 0.6 is 0 Å². The van der Waals surface area contributed by atoms with E-state index in [0.29, 0.717) is 11.3 Å². The molecule has 0 aliphatic carbocycles. The summed E-state index contributed by atoms with van der Waals surface area (Å²) in [5.74, 6) is -0.923. The Kier molecular flexibility index (Phi) is 5.35. The van der Waals surface area contributed by atoms with Gasteiger partial charge >= 0.3 is 5.97 Å². The number of nitrogens with zero attached hydrogens (tertiary/aromatic N) is 2. The van der Waals surface area contributed by atoms with E-state index in [4.69, 9.17) is 4.74 Å². The van der Waals surface area contributed by atoms with Crippen molar-refractivity contribution in [2.24, 2.45) is 0 Å². The zero-order valence-corrected chi connectivity index (χ0v) is 15.5. The van der Waals surface area contributed by atoms with Crippen molar-refractivity contribution in [2.45, 2.75) is 20.8 Å². The molecule has 27 heavy (non-hydrogen) atoms. The summed E-state index contributed by atoms with van der Waals surface area (Å²) < 4.78 is 6.88. The van der Waals surface area contributed by atoms with E-state index in [9.17, 15) is 9.59 Å². The van der Waals surface area contributed by atoms with E-state index in [1.165, 1.54) is 0 Å². The molecule has 1 heterocycles. The largest absolute Gasteiger partial charge is 0.452 e. The van der Waals surface area contributed by atoms with Gasteiger partial charge in [0.25, 0.3) is 5.91 Å². The van der Waals surface area contributed by atoms with Gasteiger partial charge in [-0.2, -0.15) is 5.10 Å². The van der Waals surface area contributed by atoms with Crippen molar-refractivity contribution in [3.63, 3.8) is 0 Å². The summed E-state index contributed by atoms with van der Waals surface area (Å²) in [6, 6.07) is 14.5. The van der Waals surface area contributed by atoms with Crippen LogP contribution in [0, 0.1) is 20.8 Å². The van der Waals surface area contributed by atoms with Gasteiger partial charge in [-0.15, -0.1) is 0 Å². The molecule has 0 fully saturated rings. The fourth-order valence-corrected chi connectivity index (χ4v) is 2.73. The number of hydrogen-bond donors (Lipinski definition) is 1. The second kappa shape index (κ2) is 7.86. The molecule has 0 saturated carbocycles. The van der Waals surface area contributed by atoms with Crippen LogP contribution in [0.25, 0.3) is 5.69 Å². The number of carbonyl (C=O) groups excluding carboxylic acids is 2. The number of benzene rings is 2. The first-order valence-electron chi connectivity index (χ1n) is 8.59. The number of rotatable bonds is 5. The van der Waals surface area contributed by atoms with E-state index in [1.807, 2.05) is 45.0 Å². The second-order valence-corrected chi connectivity index (χ2v) is 6.37. The summed E-state index contributed by atoms with van der Waals surface area (Å²) >= 11 is 0. The van der Waals surface area contributed by atoms with Crippen molar-refractivity contribution in [3.8, 4) is 5.69 Å². The summed E-state index contributed by atoms with van der Waals surface area (Å²) in [6.07, 6.45) is 1.71. The molecule has 0 spiro atoms. The SMILES string of the molecule is Cc1ccc(NC(=O)COC(=O)c2ccc(-n3nccc3C)cc2)c(C)c1. The molecule has 138 valence electrons. The van der Waals surface area contributed by atoms with E-state index in [0.717, 1.165) is 22.5 Å². The number of aromatic nitrogens is 2. The predicted octanol–water partition coefficient (Wildman–Crippen LogP) is 3.59. The molecule has 1 aromatic heterocycles. The van der Waals surface area contributed by atoms with Gasteiger partial charge in [0.05, 0.1) is 11.3 Å². The highest BCUT2D eigenvalue weighted by molar-refractivity contribution is 5.96. The number of aryl methyl sites for hydroxylation is 3. The van der Waals surface area contributed by atoms with Crippen molar-refractivity contribution >= 4 is 17.6 Å². The summed E-state index contributed by atoms with van der Waals surface area (Å²) in [5.41, 5.74) is 5.00. The Bertz CT molecular complexity index is 975. The summed E-state index contributed by atoms with van der Waals surface area (Å²) in [4.78, 5) is 24.2. The van der Waals surface area contributed by atoms with Crippen molar-refractivity contribution < 1.29 is 14.3 Å². The number of carbonyl (C=O) groups is 2. The van der Waals surface area contributed by atoms with Gasteiger partial charge in [0.1, 0.15) is 0 Å². The standard InChI is InChI=1S/C21H21N3O3/c1-14-4-9-19(15(2)12-14)23-20(25)13-27-21(26)17-5-7-18(8-6-17)24-16(3)10-11-22-24/h4-12H,13H2,1-3H3,(H,23,25). The van der Waals surface area contributed by atoms with Gasteiger partial charge < -0.3 is 10.1 Å². The van der Waals surface area contributed by atoms with Crippen LogP contribution in [0.15, 0.2) is 54.7 Å². The third kappa shape index (κ3) is 4.41. The van der Waals surface area contributed by atoms with Crippen LogP contribution in [0.4, 0.5) is 5.69 Å². The lowest BCUT2D eigenvalue weighted by Gasteiger charge is -2.10. The van der Waals surface area contributed by atoms with Crippen molar-refractivity contribution in [1.82, 2.24) is 9.78 Å². The van der Waals surface area contributed by atoms with Crippen molar-refractivity contribution in [2.75, 3.05) is 11.9 Å². The number of hydrogen-bond acceptors (Lipinski definition) is 4. The average molecular weight is 363 g/mol. The van der Waals surface area contributed by atoms with E-state index in [1.54, 1.807) is 35.1 Å². The van der Waals surface area contributed by atoms with Crippen LogP contribution in [0.5, 0.6) is 0 Å². The molecular weight excluding hydrogens is 342 g/mol. The topological polar surface area (TPSA) is 73.2 Å². The van der Waals surface area contributed by atoms with Crippen molar-refractivity contribution in [1.29, 1.82) is 0 Å². The minimum Gasteiger partial charge on any atom is -0.452 e. The lowest BCUT2D eigenvalue weighted by Crippen LogP contribution is -2.21. The van der Waals surface area contributed by atoms with Crippen molar-refractivity contribution in [3.05, 3.63) is 77.1 Å². The average Bonchev–Trinajstić information content (AvgIpc) is 3.08. The molecule has 0 bridgehead atoms. The first-order valence-corrected chi connectivity index (χ1v) is 8.59. The molecule has 0 atom stereocenters. The highest BCUT2D eigenvalue weighted by Crippen LogP contribution is 2.16. The molecule has 1 amide bonds. The molecule has 1 N–H and O–H groups in total. The maximum atomic E-state index is 12.2. The maximum absolute atomic E-state index is 12.2. The zero-order valence-electron chi connectivity index (χ0n) is 15.5. The van der Waals surface area contributed by atoms with Gasteiger partial charge in [0, 0.05) is 17.6 Å². The first-order chi connectivity index (χ1) is 12.9. The minimum atomic E-state index is -0.547. The van der Waals surface area contributed by atoms with Crippen LogP contribution in [-0.2, 0) is 9.53 Å². The van der Waals surface area contributed by atoms with E-state index < -0.39 is 5.97 Å². The zero-order chi connectivity index (χ0) is 19.4. The highest BCUT2D eigenvalue weighted by atomic mass is 16.5. The Morgan fingerprint density at radius 3 is 2.41 bits per heavy atom. The molecule has 0 aliphatic heterocycles. The number of nitrogens with one attached hydrogen (secondary N) is 1. The Hall–Kier alpha value is -3.41. The molecule has 6 heteroatoms. The van der Waals surface area contributed by atoms with Crippen LogP contribution < -0.4 is 5.32 Å². The summed E-state index contributed by atoms with van der Waals surface area (Å²) in [5, 5.41) is 6.97. The minimum absolute atomic E-state index is 0.341. The molecule has 0 radical (unpaired) electrons. The fraction of sp³-hybridized carbons (Fsp3) is 0.190. The van der Waals surface area contributed by atoms with Gasteiger partial charge in [-0.05, 0) is 62.7 Å². The van der Waals surface area contributed by atoms with E-state index in [-0.39, 0.29) is 12.5 Å². The van der Waals surface area contributed by atoms with Gasteiger partial charge in [0.2, 0.25) is 0 Å². The van der Waals surface area contributed by atoms with Gasteiger partial charge in [0.15, 0.2) is 6.61 Å². The third-order valence-electron chi connectivity index (χ3n) is 4.17. The Balaban J connectivity index is 1.57. The molecule has 2 aromatic carbocycles. The Morgan fingerprint density at radius 1 is 1.04 bits per heavy atom. The molecule has 0 saturated heterocycles. The summed E-state index contributed by atoms with van der Waals surface area (Å²) in [7, 11) is 0. The fourth-order valence-electron chi connectivity index (χ4n) is 2.73. The third-order valence-corrected chi connectivity index (χ3v) is 4.17. The smallest absolute Gasteiger partial charge is 0.338 e. The highest BCUT2D eigenvalue weighted by Gasteiger charge is 2.12. The van der Waals surface area contributed by atoms with Crippen LogP contribution in [-0.4, -0.2) is 28.3 Å². The number of ether oxygens (including phenoxy) is 1. The molecule has 3 aromatic rings.